The molecule has 0 fully saturated rings. The molecule has 1 N–H and O–H groups in total. The zero-order valence-electron chi connectivity index (χ0n) is 13.7. The van der Waals surface area contributed by atoms with E-state index in [-0.39, 0.29) is 10.6 Å². The van der Waals surface area contributed by atoms with Crippen LogP contribution in [0.1, 0.15) is 31.1 Å². The highest BCUT2D eigenvalue weighted by Crippen LogP contribution is 2.41. The lowest BCUT2D eigenvalue weighted by Gasteiger charge is -2.36. The van der Waals surface area contributed by atoms with Gasteiger partial charge in [0.2, 0.25) is 0 Å². The topological polar surface area (TPSA) is 65.0 Å². The van der Waals surface area contributed by atoms with E-state index >= 15 is 0 Å². The highest BCUT2D eigenvalue weighted by atomic mass is 28.4. The number of ether oxygens (including phenoxy) is 2. The third-order valence-electron chi connectivity index (χ3n) is 3.89. The molecular formula is C15H24O5Si. The van der Waals surface area contributed by atoms with Crippen LogP contribution in [0, 0.1) is 0 Å². The fraction of sp³-hybridized carbons (Fsp3) is 0.533. The van der Waals surface area contributed by atoms with Gasteiger partial charge in [-0.2, -0.15) is 0 Å². The molecule has 0 spiro atoms. The molecule has 0 amide bonds. The summed E-state index contributed by atoms with van der Waals surface area (Å²) in [7, 11) is 0.832. The number of hydrogen-bond donors (Lipinski definition) is 1. The van der Waals surface area contributed by atoms with Crippen LogP contribution >= 0.6 is 0 Å². The van der Waals surface area contributed by atoms with E-state index < -0.39 is 14.3 Å². The lowest BCUT2D eigenvalue weighted by atomic mass is 10.2. The summed E-state index contributed by atoms with van der Waals surface area (Å²) in [6, 6.07) is 3.02. The van der Waals surface area contributed by atoms with E-state index in [0.717, 1.165) is 0 Å². The maximum absolute atomic E-state index is 11.5. The zero-order chi connectivity index (χ0) is 16.4. The largest absolute Gasteiger partial charge is 0.543 e. The normalized spacial score (nSPS) is 12.0. The van der Waals surface area contributed by atoms with Crippen LogP contribution < -0.4 is 13.9 Å². The molecule has 1 aromatic carbocycles. The molecule has 0 aliphatic heterocycles. The molecule has 0 atom stereocenters. The highest BCUT2D eigenvalue weighted by Gasteiger charge is 2.40. The third-order valence-corrected chi connectivity index (χ3v) is 8.23. The first-order valence-corrected chi connectivity index (χ1v) is 9.62. The summed E-state index contributed by atoms with van der Waals surface area (Å²) in [5, 5.41) is 9.36. The van der Waals surface area contributed by atoms with Crippen LogP contribution in [-0.4, -0.2) is 33.6 Å². The summed E-state index contributed by atoms with van der Waals surface area (Å²) in [6.45, 7) is 10.4. The van der Waals surface area contributed by atoms with Crippen molar-refractivity contribution in [2.75, 3.05) is 14.2 Å². The minimum atomic E-state index is -2.15. The maximum atomic E-state index is 11.5. The minimum absolute atomic E-state index is 0.0318. The van der Waals surface area contributed by atoms with Gasteiger partial charge in [0, 0.05) is 12.1 Å². The van der Waals surface area contributed by atoms with Crippen LogP contribution in [0.2, 0.25) is 18.1 Å². The Labute approximate surface area is 127 Å². The molecule has 0 saturated carbocycles. The van der Waals surface area contributed by atoms with E-state index in [0.29, 0.717) is 17.2 Å². The average molecular weight is 312 g/mol. The summed E-state index contributed by atoms with van der Waals surface area (Å²) < 4.78 is 16.5. The Bertz CT molecular complexity index is 532. The van der Waals surface area contributed by atoms with Gasteiger partial charge in [0.05, 0.1) is 14.2 Å². The Morgan fingerprint density at radius 3 is 1.90 bits per heavy atom. The van der Waals surface area contributed by atoms with Gasteiger partial charge in [-0.25, -0.2) is 4.79 Å². The molecule has 118 valence electrons. The van der Waals surface area contributed by atoms with Crippen LogP contribution in [0.3, 0.4) is 0 Å². The van der Waals surface area contributed by atoms with Crippen molar-refractivity contribution in [3.63, 3.8) is 0 Å². The average Bonchev–Trinajstić information content (AvgIpc) is 2.36. The van der Waals surface area contributed by atoms with Gasteiger partial charge >= 0.3 is 5.97 Å². The number of methoxy groups -OCH3 is 2. The quantitative estimate of drug-likeness (QED) is 0.838. The predicted octanol–water partition coefficient (Wildman–Crippen LogP) is 3.79. The van der Waals surface area contributed by atoms with E-state index in [1.165, 1.54) is 20.3 Å². The first-order chi connectivity index (χ1) is 9.53. The first-order valence-electron chi connectivity index (χ1n) is 6.72. The molecule has 21 heavy (non-hydrogen) atoms. The van der Waals surface area contributed by atoms with Crippen LogP contribution in [0.5, 0.6) is 17.2 Å². The molecule has 0 bridgehead atoms. The molecule has 0 saturated heterocycles. The molecule has 0 unspecified atom stereocenters. The van der Waals surface area contributed by atoms with Gasteiger partial charge in [-0.15, -0.1) is 0 Å². The van der Waals surface area contributed by atoms with Gasteiger partial charge in [0.15, 0.2) is 11.5 Å². The SMILES string of the molecule is COc1cc(O[Si](C)(C)C(C)(C)C)c(C(=O)O)cc1OC. The van der Waals surface area contributed by atoms with E-state index in [9.17, 15) is 9.90 Å². The summed E-state index contributed by atoms with van der Waals surface area (Å²) in [5.41, 5.74) is 0.0810. The molecule has 0 heterocycles. The van der Waals surface area contributed by atoms with E-state index in [2.05, 4.69) is 33.9 Å². The van der Waals surface area contributed by atoms with Crippen LogP contribution in [-0.2, 0) is 0 Å². The Balaban J connectivity index is 3.37. The summed E-state index contributed by atoms with van der Waals surface area (Å²) in [6.07, 6.45) is 0. The van der Waals surface area contributed by atoms with Crippen molar-refractivity contribution < 1.29 is 23.8 Å². The van der Waals surface area contributed by atoms with Gasteiger partial charge in [-0.1, -0.05) is 20.8 Å². The number of carboxylic acid groups (broad SMARTS) is 1. The Morgan fingerprint density at radius 1 is 1.05 bits per heavy atom. The van der Waals surface area contributed by atoms with E-state index in [1.807, 2.05) is 0 Å². The number of carboxylic acids is 1. The van der Waals surface area contributed by atoms with Crippen molar-refractivity contribution in [2.45, 2.75) is 38.9 Å². The second-order valence-electron chi connectivity index (χ2n) is 6.37. The standard InChI is InChI=1S/C15H24O5Si/c1-15(2,3)21(6,7)20-11-9-13(19-5)12(18-4)8-10(11)14(16)17/h8-9H,1-7H3,(H,16,17). The molecule has 6 heteroatoms. The predicted molar refractivity (Wildman–Crippen MR) is 84.3 cm³/mol. The van der Waals surface area contributed by atoms with Gasteiger partial charge in [-0.05, 0) is 18.1 Å². The smallest absolute Gasteiger partial charge is 0.339 e. The van der Waals surface area contributed by atoms with Crippen molar-refractivity contribution >= 4 is 14.3 Å². The maximum Gasteiger partial charge on any atom is 0.339 e. The monoisotopic (exact) mass is 312 g/mol. The number of carbonyl (C=O) groups is 1. The van der Waals surface area contributed by atoms with Crippen molar-refractivity contribution in [3.8, 4) is 17.2 Å². The molecule has 5 nitrogen and oxygen atoms in total. The third kappa shape index (κ3) is 3.69. The molecule has 1 aromatic rings. The first kappa shape index (κ1) is 17.4. The van der Waals surface area contributed by atoms with E-state index in [1.54, 1.807) is 6.07 Å². The number of hydrogen-bond acceptors (Lipinski definition) is 4. The molecule has 1 rings (SSSR count). The lowest BCUT2D eigenvalue weighted by Crippen LogP contribution is -2.44. The lowest BCUT2D eigenvalue weighted by molar-refractivity contribution is 0.0694. The second kappa shape index (κ2) is 5.97. The Hall–Kier alpha value is -1.69. The molecule has 0 aliphatic rings. The van der Waals surface area contributed by atoms with Gasteiger partial charge in [0.1, 0.15) is 11.3 Å². The van der Waals surface area contributed by atoms with Gasteiger partial charge in [0.25, 0.3) is 8.32 Å². The van der Waals surface area contributed by atoms with Gasteiger partial charge < -0.3 is 19.0 Å². The summed E-state index contributed by atoms with van der Waals surface area (Å²) >= 11 is 0. The number of aromatic carboxylic acids is 1. The molecule has 0 radical (unpaired) electrons. The van der Waals surface area contributed by atoms with Crippen molar-refractivity contribution in [1.82, 2.24) is 0 Å². The molecule has 0 aromatic heterocycles. The minimum Gasteiger partial charge on any atom is -0.543 e. The van der Waals surface area contributed by atoms with Crippen LogP contribution in [0.4, 0.5) is 0 Å². The van der Waals surface area contributed by atoms with Crippen molar-refractivity contribution in [2.24, 2.45) is 0 Å². The van der Waals surface area contributed by atoms with Gasteiger partial charge in [-0.3, -0.25) is 0 Å². The van der Waals surface area contributed by atoms with E-state index in [4.69, 9.17) is 13.9 Å². The summed E-state index contributed by atoms with van der Waals surface area (Å²) in [5.74, 6) is 0.102. The zero-order valence-corrected chi connectivity index (χ0v) is 14.7. The van der Waals surface area contributed by atoms with Crippen LogP contribution in [0.15, 0.2) is 12.1 Å². The fourth-order valence-corrected chi connectivity index (χ4v) is 2.56. The van der Waals surface area contributed by atoms with Crippen LogP contribution in [0.25, 0.3) is 0 Å². The number of benzene rings is 1. The Kier molecular flexibility index (Phi) is 4.93. The highest BCUT2D eigenvalue weighted by molar-refractivity contribution is 6.74. The number of rotatable bonds is 5. The molecule has 0 aliphatic carbocycles. The molecular weight excluding hydrogens is 288 g/mol. The van der Waals surface area contributed by atoms with Crippen molar-refractivity contribution in [1.29, 1.82) is 0 Å². The summed E-state index contributed by atoms with van der Waals surface area (Å²) in [4.78, 5) is 11.5. The fourth-order valence-electron chi connectivity index (χ4n) is 1.54. The van der Waals surface area contributed by atoms with Crippen molar-refractivity contribution in [3.05, 3.63) is 17.7 Å². The Morgan fingerprint density at radius 2 is 1.52 bits per heavy atom. The second-order valence-corrected chi connectivity index (χ2v) is 11.1.